The highest BCUT2D eigenvalue weighted by atomic mass is 16.6. The van der Waals surface area contributed by atoms with Gasteiger partial charge in [-0.25, -0.2) is 0 Å². The lowest BCUT2D eigenvalue weighted by Crippen LogP contribution is -2.45. The van der Waals surface area contributed by atoms with Crippen LogP contribution in [0.5, 0.6) is 0 Å². The number of ether oxygens (including phenoxy) is 2. The zero-order valence-corrected chi connectivity index (χ0v) is 7.42. The van der Waals surface area contributed by atoms with Gasteiger partial charge in [0.1, 0.15) is 23.9 Å². The summed E-state index contributed by atoms with van der Waals surface area (Å²) in [6, 6.07) is 0. The zero-order chi connectivity index (χ0) is 10.3. The highest BCUT2D eigenvalue weighted by molar-refractivity contribution is 5.68. The Balaban J connectivity index is 2.11. The molecule has 2 saturated heterocycles. The van der Waals surface area contributed by atoms with E-state index in [1.54, 1.807) is 0 Å². The van der Waals surface area contributed by atoms with Gasteiger partial charge in [-0.3, -0.25) is 4.79 Å². The van der Waals surface area contributed by atoms with Gasteiger partial charge >= 0.3 is 5.97 Å². The average molecular weight is 204 g/mol. The summed E-state index contributed by atoms with van der Waals surface area (Å²) >= 11 is 0. The van der Waals surface area contributed by atoms with Gasteiger partial charge in [0.2, 0.25) is 0 Å². The Morgan fingerprint density at radius 2 is 2.21 bits per heavy atom. The molecule has 3 N–H and O–H groups in total. The maximum Gasteiger partial charge on any atom is 0.306 e. The summed E-state index contributed by atoms with van der Waals surface area (Å²) in [5, 5.41) is 27.9. The van der Waals surface area contributed by atoms with Gasteiger partial charge in [-0.2, -0.15) is 0 Å². The van der Waals surface area contributed by atoms with Gasteiger partial charge in [-0.05, 0) is 0 Å². The highest BCUT2D eigenvalue weighted by Crippen LogP contribution is 2.36. The van der Waals surface area contributed by atoms with Crippen molar-refractivity contribution < 1.29 is 29.6 Å². The summed E-state index contributed by atoms with van der Waals surface area (Å²) in [4.78, 5) is 10.5. The first-order valence-electron chi connectivity index (χ1n) is 4.38. The molecule has 4 atom stereocenters. The quantitative estimate of drug-likeness (QED) is 0.498. The Bertz CT molecular complexity index is 254. The molecule has 0 aromatic rings. The molecule has 0 aromatic carbocycles. The van der Waals surface area contributed by atoms with Crippen LogP contribution in [0.15, 0.2) is 0 Å². The molecule has 0 unspecified atom stereocenters. The summed E-state index contributed by atoms with van der Waals surface area (Å²) in [5.41, 5.74) is -1.51. The predicted octanol–water partition coefficient (Wildman–Crippen LogP) is -1.65. The van der Waals surface area contributed by atoms with E-state index >= 15 is 0 Å². The summed E-state index contributed by atoms with van der Waals surface area (Å²) in [6.07, 6.45) is -2.53. The van der Waals surface area contributed by atoms with E-state index in [1.165, 1.54) is 0 Å². The Morgan fingerprint density at radius 3 is 2.86 bits per heavy atom. The maximum absolute atomic E-state index is 10.5. The second-order valence-electron chi connectivity index (χ2n) is 3.77. The molecule has 2 aliphatic rings. The summed E-state index contributed by atoms with van der Waals surface area (Å²) < 4.78 is 10.2. The van der Waals surface area contributed by atoms with Gasteiger partial charge in [0, 0.05) is 0 Å². The molecule has 2 aliphatic heterocycles. The molecule has 6 nitrogen and oxygen atoms in total. The van der Waals surface area contributed by atoms with Crippen molar-refractivity contribution in [3.8, 4) is 0 Å². The van der Waals surface area contributed by atoms with Crippen LogP contribution in [0.2, 0.25) is 0 Å². The molecule has 0 saturated carbocycles. The normalized spacial score (nSPS) is 46.6. The number of fused-ring (bicyclic) bond motifs is 1. The minimum atomic E-state index is -1.51. The number of carboxylic acid groups (broad SMARTS) is 1. The van der Waals surface area contributed by atoms with Crippen molar-refractivity contribution >= 4 is 5.97 Å². The molecule has 0 aromatic heterocycles. The number of hydrogen-bond acceptors (Lipinski definition) is 5. The van der Waals surface area contributed by atoms with E-state index in [1.807, 2.05) is 0 Å². The summed E-state index contributed by atoms with van der Waals surface area (Å²) in [5.74, 6) is -1.11. The van der Waals surface area contributed by atoms with Crippen molar-refractivity contribution in [1.29, 1.82) is 0 Å². The molecule has 2 fully saturated rings. The maximum atomic E-state index is 10.5. The van der Waals surface area contributed by atoms with Gasteiger partial charge in [0.15, 0.2) is 0 Å². The lowest BCUT2D eigenvalue weighted by atomic mass is 9.93. The molecule has 0 aliphatic carbocycles. The van der Waals surface area contributed by atoms with Crippen LogP contribution in [0.1, 0.15) is 6.42 Å². The van der Waals surface area contributed by atoms with Crippen molar-refractivity contribution in [3.05, 3.63) is 0 Å². The number of aliphatic hydroxyl groups is 2. The molecule has 0 amide bonds. The first-order valence-corrected chi connectivity index (χ1v) is 4.38. The minimum Gasteiger partial charge on any atom is -0.481 e. The molecule has 6 heteroatoms. The fourth-order valence-corrected chi connectivity index (χ4v) is 1.99. The van der Waals surface area contributed by atoms with Crippen molar-refractivity contribution in [3.63, 3.8) is 0 Å². The van der Waals surface area contributed by atoms with E-state index in [0.29, 0.717) is 0 Å². The molecule has 0 bridgehead atoms. The smallest absolute Gasteiger partial charge is 0.306 e. The Morgan fingerprint density at radius 1 is 1.50 bits per heavy atom. The monoisotopic (exact) mass is 204 g/mol. The van der Waals surface area contributed by atoms with Crippen LogP contribution < -0.4 is 0 Å². The van der Waals surface area contributed by atoms with Crippen LogP contribution in [-0.2, 0) is 14.3 Å². The first-order chi connectivity index (χ1) is 6.53. The molecule has 2 rings (SSSR count). The van der Waals surface area contributed by atoms with Gasteiger partial charge in [0.25, 0.3) is 0 Å². The zero-order valence-electron chi connectivity index (χ0n) is 7.42. The van der Waals surface area contributed by atoms with Crippen molar-refractivity contribution in [2.45, 2.75) is 30.3 Å². The van der Waals surface area contributed by atoms with E-state index in [0.717, 1.165) is 0 Å². The third-order valence-electron chi connectivity index (χ3n) is 2.64. The SMILES string of the molecule is O=C(O)C[C@@]1(O)CO[C@@H]2[C@H](O)CO[C@@H]21. The molecule has 80 valence electrons. The van der Waals surface area contributed by atoms with E-state index in [2.05, 4.69) is 0 Å². The summed E-state index contributed by atoms with van der Waals surface area (Å²) in [7, 11) is 0. The Labute approximate surface area is 80.1 Å². The van der Waals surface area contributed by atoms with Gasteiger partial charge < -0.3 is 24.8 Å². The second-order valence-corrected chi connectivity index (χ2v) is 3.77. The molecule has 0 radical (unpaired) electrons. The van der Waals surface area contributed by atoms with Crippen LogP contribution >= 0.6 is 0 Å². The number of carboxylic acids is 1. The number of hydrogen-bond donors (Lipinski definition) is 3. The van der Waals surface area contributed by atoms with Gasteiger partial charge in [-0.1, -0.05) is 0 Å². The van der Waals surface area contributed by atoms with Crippen LogP contribution in [0, 0.1) is 0 Å². The lowest BCUT2D eigenvalue weighted by molar-refractivity contribution is -0.147. The van der Waals surface area contributed by atoms with Gasteiger partial charge in [0.05, 0.1) is 19.6 Å². The molecule has 0 spiro atoms. The van der Waals surface area contributed by atoms with E-state index < -0.39 is 36.3 Å². The van der Waals surface area contributed by atoms with Crippen LogP contribution in [-0.4, -0.2) is 58.4 Å². The minimum absolute atomic E-state index is 0.0806. The van der Waals surface area contributed by atoms with E-state index in [-0.39, 0.29) is 13.2 Å². The third kappa shape index (κ3) is 1.40. The van der Waals surface area contributed by atoms with E-state index in [9.17, 15) is 15.0 Å². The largest absolute Gasteiger partial charge is 0.481 e. The van der Waals surface area contributed by atoms with Crippen LogP contribution in [0.3, 0.4) is 0 Å². The number of carbonyl (C=O) groups is 1. The van der Waals surface area contributed by atoms with Crippen LogP contribution in [0.4, 0.5) is 0 Å². The third-order valence-corrected chi connectivity index (χ3v) is 2.64. The van der Waals surface area contributed by atoms with Crippen molar-refractivity contribution in [1.82, 2.24) is 0 Å². The fourth-order valence-electron chi connectivity index (χ4n) is 1.99. The predicted molar refractivity (Wildman–Crippen MR) is 42.7 cm³/mol. The standard InChI is InChI=1S/C8H12O6/c9-4-2-13-7-6(4)14-3-8(7,12)1-5(10)11/h4,6-7,9,12H,1-3H2,(H,10,11)/t4-,6-,7+,8-/m1/s1. The topological polar surface area (TPSA) is 96.2 Å². The molecule has 14 heavy (non-hydrogen) atoms. The highest BCUT2D eigenvalue weighted by Gasteiger charge is 2.56. The molecular weight excluding hydrogens is 192 g/mol. The lowest BCUT2D eigenvalue weighted by Gasteiger charge is -2.24. The fraction of sp³-hybridized carbons (Fsp3) is 0.875. The second kappa shape index (κ2) is 3.16. The molecule has 2 heterocycles. The van der Waals surface area contributed by atoms with E-state index in [4.69, 9.17) is 14.6 Å². The number of rotatable bonds is 2. The van der Waals surface area contributed by atoms with Crippen LogP contribution in [0.25, 0.3) is 0 Å². The van der Waals surface area contributed by atoms with Crippen molar-refractivity contribution in [2.75, 3.05) is 13.2 Å². The Hall–Kier alpha value is -0.690. The number of aliphatic carboxylic acids is 1. The first kappa shape index (κ1) is 9.85. The Kier molecular flexibility index (Phi) is 2.23. The summed E-state index contributed by atoms with van der Waals surface area (Å²) in [6.45, 7) is -0.0248. The van der Waals surface area contributed by atoms with Gasteiger partial charge in [-0.15, -0.1) is 0 Å². The van der Waals surface area contributed by atoms with Crippen molar-refractivity contribution in [2.24, 2.45) is 0 Å². The number of aliphatic hydroxyl groups excluding tert-OH is 1. The molecular formula is C8H12O6. The average Bonchev–Trinajstić information content (AvgIpc) is 2.55.